The van der Waals surface area contributed by atoms with Gasteiger partial charge in [0.15, 0.2) is 0 Å². The highest BCUT2D eigenvalue weighted by Crippen LogP contribution is 2.07. The van der Waals surface area contributed by atoms with Crippen LogP contribution in [-0.4, -0.2) is 45.3 Å². The van der Waals surface area contributed by atoms with Gasteiger partial charge in [-0.15, -0.1) is 0 Å². The van der Waals surface area contributed by atoms with Gasteiger partial charge in [0.25, 0.3) is 0 Å². The van der Waals surface area contributed by atoms with Gasteiger partial charge >= 0.3 is 23.9 Å². The number of rotatable bonds is 9. The number of hydrogen-bond acceptors (Lipinski definition) is 5. The van der Waals surface area contributed by atoms with Gasteiger partial charge in [-0.05, 0) is 13.3 Å². The number of aliphatic carboxylic acids is 3. The van der Waals surface area contributed by atoms with Crippen molar-refractivity contribution in [3.05, 3.63) is 23.8 Å². The van der Waals surface area contributed by atoms with Crippen LogP contribution in [0.5, 0.6) is 0 Å². The van der Waals surface area contributed by atoms with Crippen molar-refractivity contribution < 1.29 is 39.2 Å². The Hall–Kier alpha value is -2.64. The molecule has 0 bridgehead atoms. The summed E-state index contributed by atoms with van der Waals surface area (Å²) in [6.07, 6.45) is 2.00. The maximum absolute atomic E-state index is 11.6. The summed E-state index contributed by atoms with van der Waals surface area (Å²) >= 11 is 0. The first-order chi connectivity index (χ1) is 10.1. The fourth-order valence-electron chi connectivity index (χ4n) is 1.22. The van der Waals surface area contributed by atoms with Gasteiger partial charge in [0.2, 0.25) is 6.10 Å². The number of ether oxygens (including phenoxy) is 1. The Morgan fingerprint density at radius 1 is 1.09 bits per heavy atom. The minimum absolute atomic E-state index is 0.0656. The van der Waals surface area contributed by atoms with E-state index in [1.54, 1.807) is 6.08 Å². The number of esters is 1. The summed E-state index contributed by atoms with van der Waals surface area (Å²) in [5, 5.41) is 26.0. The molecule has 0 aliphatic heterocycles. The lowest BCUT2D eigenvalue weighted by atomic mass is 10.1. The molecule has 0 heterocycles. The summed E-state index contributed by atoms with van der Waals surface area (Å²) in [5.74, 6) is -5.41. The molecule has 3 N–H and O–H groups in total. The summed E-state index contributed by atoms with van der Waals surface area (Å²) in [6.45, 7) is 2.90. The Morgan fingerprint density at radius 3 is 2.14 bits per heavy atom. The molecule has 2 unspecified atom stereocenters. The number of carbonyl (C=O) groups is 4. The van der Waals surface area contributed by atoms with Crippen molar-refractivity contribution in [1.29, 1.82) is 0 Å². The highest BCUT2D eigenvalue weighted by Gasteiger charge is 2.25. The highest BCUT2D eigenvalue weighted by molar-refractivity contribution is 5.91. The largest absolute Gasteiger partial charge is 0.481 e. The number of hydrogen-bond donors (Lipinski definition) is 3. The molecule has 0 rings (SSSR count). The van der Waals surface area contributed by atoms with Crippen LogP contribution in [0.2, 0.25) is 0 Å². The normalized spacial score (nSPS) is 14.4. The van der Waals surface area contributed by atoms with E-state index < -0.39 is 42.3 Å². The molecule has 122 valence electrons. The van der Waals surface area contributed by atoms with Crippen LogP contribution in [0.4, 0.5) is 0 Å². The minimum atomic E-state index is -1.76. The predicted octanol–water partition coefficient (Wildman–Crippen LogP) is 1.07. The molecule has 8 nitrogen and oxygen atoms in total. The summed E-state index contributed by atoms with van der Waals surface area (Å²) in [4.78, 5) is 43.4. The van der Waals surface area contributed by atoms with Crippen molar-refractivity contribution in [2.24, 2.45) is 5.92 Å². The molecule has 0 aliphatic carbocycles. The van der Waals surface area contributed by atoms with Crippen molar-refractivity contribution in [2.45, 2.75) is 32.8 Å². The van der Waals surface area contributed by atoms with Crippen molar-refractivity contribution in [3.8, 4) is 0 Å². The lowest BCUT2D eigenvalue weighted by Crippen LogP contribution is -2.29. The lowest BCUT2D eigenvalue weighted by molar-refractivity contribution is -0.165. The third-order valence-corrected chi connectivity index (χ3v) is 2.60. The Labute approximate surface area is 126 Å². The third kappa shape index (κ3) is 7.83. The van der Waals surface area contributed by atoms with Crippen molar-refractivity contribution in [3.63, 3.8) is 0 Å². The van der Waals surface area contributed by atoms with Crippen LogP contribution in [0, 0.1) is 5.92 Å². The van der Waals surface area contributed by atoms with Gasteiger partial charge in [0.1, 0.15) is 0 Å². The summed E-state index contributed by atoms with van der Waals surface area (Å²) in [5.41, 5.74) is 0.0656. The second kappa shape index (κ2) is 9.32. The maximum atomic E-state index is 11.6. The molecule has 0 amide bonds. The Balaban J connectivity index is 4.60. The van der Waals surface area contributed by atoms with Crippen molar-refractivity contribution in [2.75, 3.05) is 0 Å². The average molecular weight is 314 g/mol. The van der Waals surface area contributed by atoms with Gasteiger partial charge in [-0.2, -0.15) is 0 Å². The van der Waals surface area contributed by atoms with E-state index in [9.17, 15) is 19.2 Å². The van der Waals surface area contributed by atoms with Crippen LogP contribution in [0.3, 0.4) is 0 Å². The summed E-state index contributed by atoms with van der Waals surface area (Å²) < 4.78 is 4.59. The van der Waals surface area contributed by atoms with E-state index in [0.717, 1.165) is 0 Å². The van der Waals surface area contributed by atoms with Crippen LogP contribution in [0.25, 0.3) is 0 Å². The standard InChI is InChI=1S/C14H18O8/c1-8(12(17)18)5-3-4-6-9(2)14(21)22-10(13(19)20)7-11(15)16/h3-4,6,8,10H,5,7H2,1-2H3,(H,15,16)(H,17,18)(H,19,20)/b4-3+,9-6+. The monoisotopic (exact) mass is 314 g/mol. The van der Waals surface area contributed by atoms with E-state index in [0.29, 0.717) is 0 Å². The molecule has 0 spiro atoms. The topological polar surface area (TPSA) is 138 Å². The lowest BCUT2D eigenvalue weighted by Gasteiger charge is -2.11. The third-order valence-electron chi connectivity index (χ3n) is 2.60. The molecule has 2 atom stereocenters. The van der Waals surface area contributed by atoms with Gasteiger partial charge in [-0.25, -0.2) is 9.59 Å². The van der Waals surface area contributed by atoms with Gasteiger partial charge in [-0.3, -0.25) is 9.59 Å². The van der Waals surface area contributed by atoms with E-state index in [1.165, 1.54) is 26.0 Å². The summed E-state index contributed by atoms with van der Waals surface area (Å²) in [7, 11) is 0. The second-order valence-corrected chi connectivity index (χ2v) is 4.58. The molecule has 22 heavy (non-hydrogen) atoms. The fourth-order valence-corrected chi connectivity index (χ4v) is 1.22. The van der Waals surface area contributed by atoms with Gasteiger partial charge in [0.05, 0.1) is 12.3 Å². The van der Waals surface area contributed by atoms with Crippen LogP contribution in [0.1, 0.15) is 26.7 Å². The van der Waals surface area contributed by atoms with Crippen LogP contribution in [0.15, 0.2) is 23.8 Å². The van der Waals surface area contributed by atoms with E-state index in [4.69, 9.17) is 15.3 Å². The molecule has 0 aromatic carbocycles. The SMILES string of the molecule is C/C(=C\C=C\CC(C)C(=O)O)C(=O)OC(CC(=O)O)C(=O)O. The number of carboxylic acids is 3. The van der Waals surface area contributed by atoms with Gasteiger partial charge < -0.3 is 20.1 Å². The molecule has 0 fully saturated rings. The zero-order valence-corrected chi connectivity index (χ0v) is 12.2. The fraction of sp³-hybridized carbons (Fsp3) is 0.429. The molecule has 0 saturated carbocycles. The van der Waals surface area contributed by atoms with Crippen LogP contribution < -0.4 is 0 Å². The quantitative estimate of drug-likeness (QED) is 0.326. The zero-order chi connectivity index (χ0) is 17.3. The zero-order valence-electron chi connectivity index (χ0n) is 12.2. The average Bonchev–Trinajstić information content (AvgIpc) is 2.41. The van der Waals surface area contributed by atoms with E-state index in [2.05, 4.69) is 4.74 Å². The number of carbonyl (C=O) groups excluding carboxylic acids is 1. The van der Waals surface area contributed by atoms with E-state index >= 15 is 0 Å². The Morgan fingerprint density at radius 2 is 1.68 bits per heavy atom. The molecular formula is C14H18O8. The Kier molecular flexibility index (Phi) is 8.21. The Bertz CT molecular complexity index is 503. The van der Waals surface area contributed by atoms with Gasteiger partial charge in [0, 0.05) is 5.57 Å². The van der Waals surface area contributed by atoms with Crippen LogP contribution >= 0.6 is 0 Å². The molecule has 8 heteroatoms. The van der Waals surface area contributed by atoms with Gasteiger partial charge in [-0.1, -0.05) is 25.2 Å². The first kappa shape index (κ1) is 19.4. The molecule has 0 aromatic rings. The molecule has 0 radical (unpaired) electrons. The summed E-state index contributed by atoms with van der Waals surface area (Å²) in [6, 6.07) is 0. The van der Waals surface area contributed by atoms with Crippen LogP contribution in [-0.2, 0) is 23.9 Å². The first-order valence-corrected chi connectivity index (χ1v) is 6.37. The van der Waals surface area contributed by atoms with Crippen molar-refractivity contribution >= 4 is 23.9 Å². The molecular weight excluding hydrogens is 296 g/mol. The van der Waals surface area contributed by atoms with E-state index in [-0.39, 0.29) is 12.0 Å². The first-order valence-electron chi connectivity index (χ1n) is 6.37. The van der Waals surface area contributed by atoms with Crippen molar-refractivity contribution in [1.82, 2.24) is 0 Å². The minimum Gasteiger partial charge on any atom is -0.481 e. The van der Waals surface area contributed by atoms with E-state index in [1.807, 2.05) is 0 Å². The predicted molar refractivity (Wildman–Crippen MR) is 74.1 cm³/mol. The smallest absolute Gasteiger partial charge is 0.345 e. The number of allylic oxidation sites excluding steroid dienone is 3. The molecule has 0 saturated heterocycles. The molecule has 0 aliphatic rings. The maximum Gasteiger partial charge on any atom is 0.345 e. The number of carboxylic acid groups (broad SMARTS) is 3. The molecule has 0 aromatic heterocycles. The second-order valence-electron chi connectivity index (χ2n) is 4.58. The highest BCUT2D eigenvalue weighted by atomic mass is 16.6.